The first-order valence-electron chi connectivity index (χ1n) is 4.13. The largest absolute Gasteiger partial charge is 0.386 e. The Kier molecular flexibility index (Phi) is 3.12. The normalized spacial score (nSPS) is 12.2. The number of rotatable bonds is 2. The van der Waals surface area contributed by atoms with E-state index in [0.717, 1.165) is 0 Å². The lowest BCUT2D eigenvalue weighted by Crippen LogP contribution is -2.16. The van der Waals surface area contributed by atoms with E-state index in [2.05, 4.69) is 0 Å². The van der Waals surface area contributed by atoms with E-state index in [1.54, 1.807) is 13.8 Å². The van der Waals surface area contributed by atoms with E-state index >= 15 is 0 Å². The predicted molar refractivity (Wildman–Crippen MR) is 51.7 cm³/mol. The lowest BCUT2D eigenvalue weighted by atomic mass is 9.97. The van der Waals surface area contributed by atoms with Crippen LogP contribution in [0.15, 0.2) is 18.2 Å². The third kappa shape index (κ3) is 2.42. The molecule has 1 aromatic carbocycles. The summed E-state index contributed by atoms with van der Waals surface area (Å²) in [6.45, 7) is 3.10. The van der Waals surface area contributed by atoms with E-state index in [4.69, 9.17) is 11.6 Å². The SMILES string of the molecule is CC(C)(O)c1ccc(C(F)F)cc1Cl. The standard InChI is InChI=1S/C10H11ClF2O/c1-10(2,14)7-4-3-6(9(12)13)5-8(7)11/h3-5,9,14H,1-2H3. The maximum Gasteiger partial charge on any atom is 0.263 e. The van der Waals surface area contributed by atoms with Crippen molar-refractivity contribution in [3.05, 3.63) is 34.3 Å². The number of aliphatic hydroxyl groups is 1. The minimum absolute atomic E-state index is 0.136. The highest BCUT2D eigenvalue weighted by molar-refractivity contribution is 6.31. The summed E-state index contributed by atoms with van der Waals surface area (Å²) in [5.41, 5.74) is -0.802. The van der Waals surface area contributed by atoms with E-state index in [0.29, 0.717) is 5.56 Å². The zero-order valence-corrected chi connectivity index (χ0v) is 8.65. The summed E-state index contributed by atoms with van der Waals surface area (Å²) in [6, 6.07) is 3.87. The number of alkyl halides is 2. The van der Waals surface area contributed by atoms with Crippen LogP contribution >= 0.6 is 11.6 Å². The molecule has 0 bridgehead atoms. The molecule has 4 heteroatoms. The summed E-state index contributed by atoms with van der Waals surface area (Å²) in [7, 11) is 0. The lowest BCUT2D eigenvalue weighted by Gasteiger charge is -2.19. The molecule has 0 atom stereocenters. The van der Waals surface area contributed by atoms with Gasteiger partial charge in [-0.05, 0) is 19.9 Å². The number of hydrogen-bond donors (Lipinski definition) is 1. The minimum Gasteiger partial charge on any atom is -0.386 e. The molecule has 0 unspecified atom stereocenters. The van der Waals surface area contributed by atoms with Crippen molar-refractivity contribution >= 4 is 11.6 Å². The third-order valence-electron chi connectivity index (χ3n) is 1.90. The van der Waals surface area contributed by atoms with Crippen LogP contribution in [0.2, 0.25) is 5.02 Å². The quantitative estimate of drug-likeness (QED) is 0.809. The van der Waals surface area contributed by atoms with Crippen LogP contribution in [0.1, 0.15) is 31.4 Å². The van der Waals surface area contributed by atoms with Crippen molar-refractivity contribution in [2.24, 2.45) is 0 Å². The second-order valence-electron chi connectivity index (χ2n) is 3.60. The molecule has 0 amide bonds. The third-order valence-corrected chi connectivity index (χ3v) is 2.22. The Bertz CT molecular complexity index is 331. The van der Waals surface area contributed by atoms with Crippen LogP contribution in [0, 0.1) is 0 Å². The van der Waals surface area contributed by atoms with E-state index < -0.39 is 12.0 Å². The van der Waals surface area contributed by atoms with Crippen LogP contribution in [0.5, 0.6) is 0 Å². The highest BCUT2D eigenvalue weighted by atomic mass is 35.5. The van der Waals surface area contributed by atoms with Crippen molar-refractivity contribution in [1.29, 1.82) is 0 Å². The minimum atomic E-state index is -2.54. The zero-order valence-electron chi connectivity index (χ0n) is 7.89. The number of hydrogen-bond acceptors (Lipinski definition) is 1. The molecule has 1 N–H and O–H groups in total. The number of benzene rings is 1. The fraction of sp³-hybridized carbons (Fsp3) is 0.400. The average molecular weight is 221 g/mol. The highest BCUT2D eigenvalue weighted by Crippen LogP contribution is 2.31. The van der Waals surface area contributed by atoms with Gasteiger partial charge in [-0.25, -0.2) is 8.78 Å². The first-order valence-corrected chi connectivity index (χ1v) is 4.50. The molecular formula is C10H11ClF2O. The van der Waals surface area contributed by atoms with Gasteiger partial charge in [0.15, 0.2) is 0 Å². The summed E-state index contributed by atoms with van der Waals surface area (Å²) in [6.07, 6.45) is -2.54. The van der Waals surface area contributed by atoms with Crippen LogP contribution in [-0.4, -0.2) is 5.11 Å². The Balaban J connectivity index is 3.15. The molecule has 0 aliphatic heterocycles. The Morgan fingerprint density at radius 1 is 1.36 bits per heavy atom. The van der Waals surface area contributed by atoms with Gasteiger partial charge in [0, 0.05) is 16.1 Å². The molecule has 0 aliphatic carbocycles. The summed E-state index contributed by atoms with van der Waals surface area (Å²) in [5.74, 6) is 0. The van der Waals surface area contributed by atoms with Gasteiger partial charge in [0.25, 0.3) is 6.43 Å². The van der Waals surface area contributed by atoms with Gasteiger partial charge in [-0.15, -0.1) is 0 Å². The highest BCUT2D eigenvalue weighted by Gasteiger charge is 2.20. The first-order chi connectivity index (χ1) is 6.32. The van der Waals surface area contributed by atoms with Crippen LogP contribution < -0.4 is 0 Å². The molecule has 0 aromatic heterocycles. The summed E-state index contributed by atoms with van der Waals surface area (Å²) < 4.78 is 24.5. The molecule has 1 rings (SSSR count). The van der Waals surface area contributed by atoms with E-state index in [1.807, 2.05) is 0 Å². The molecule has 0 heterocycles. The fourth-order valence-electron chi connectivity index (χ4n) is 1.16. The predicted octanol–water partition coefficient (Wildman–Crippen LogP) is 3.51. The van der Waals surface area contributed by atoms with E-state index in [9.17, 15) is 13.9 Å². The second kappa shape index (κ2) is 3.83. The van der Waals surface area contributed by atoms with E-state index in [1.165, 1.54) is 18.2 Å². The Hall–Kier alpha value is -0.670. The number of halogens is 3. The van der Waals surface area contributed by atoms with Gasteiger partial charge in [0.05, 0.1) is 5.60 Å². The van der Waals surface area contributed by atoms with Gasteiger partial charge in [-0.1, -0.05) is 23.7 Å². The van der Waals surface area contributed by atoms with Gasteiger partial charge < -0.3 is 5.11 Å². The lowest BCUT2D eigenvalue weighted by molar-refractivity contribution is 0.0785. The molecule has 0 spiro atoms. The molecule has 14 heavy (non-hydrogen) atoms. The average Bonchev–Trinajstić information content (AvgIpc) is 2.01. The molecular weight excluding hydrogens is 210 g/mol. The van der Waals surface area contributed by atoms with Gasteiger partial charge in [0.1, 0.15) is 0 Å². The Labute approximate surface area is 86.3 Å². The first kappa shape index (κ1) is 11.4. The van der Waals surface area contributed by atoms with Gasteiger partial charge >= 0.3 is 0 Å². The second-order valence-corrected chi connectivity index (χ2v) is 4.01. The van der Waals surface area contributed by atoms with Crippen LogP contribution in [0.25, 0.3) is 0 Å². The smallest absolute Gasteiger partial charge is 0.263 e. The summed E-state index contributed by atoms with van der Waals surface area (Å²) in [4.78, 5) is 0. The van der Waals surface area contributed by atoms with Crippen LogP contribution in [0.4, 0.5) is 8.78 Å². The molecule has 0 fully saturated rings. The van der Waals surface area contributed by atoms with Gasteiger partial charge in [-0.2, -0.15) is 0 Å². The molecule has 78 valence electrons. The molecule has 0 saturated carbocycles. The molecule has 1 nitrogen and oxygen atoms in total. The van der Waals surface area contributed by atoms with E-state index in [-0.39, 0.29) is 10.6 Å². The van der Waals surface area contributed by atoms with Gasteiger partial charge in [0.2, 0.25) is 0 Å². The van der Waals surface area contributed by atoms with Crippen molar-refractivity contribution in [2.45, 2.75) is 25.9 Å². The maximum absolute atomic E-state index is 12.3. The van der Waals surface area contributed by atoms with Crippen LogP contribution in [-0.2, 0) is 5.60 Å². The molecule has 0 saturated heterocycles. The maximum atomic E-state index is 12.3. The van der Waals surface area contributed by atoms with Crippen molar-refractivity contribution in [3.63, 3.8) is 0 Å². The van der Waals surface area contributed by atoms with Crippen molar-refractivity contribution in [1.82, 2.24) is 0 Å². The zero-order chi connectivity index (χ0) is 10.9. The topological polar surface area (TPSA) is 20.2 Å². The summed E-state index contributed by atoms with van der Waals surface area (Å²) >= 11 is 5.76. The van der Waals surface area contributed by atoms with Crippen molar-refractivity contribution in [3.8, 4) is 0 Å². The molecule has 0 radical (unpaired) electrons. The summed E-state index contributed by atoms with van der Waals surface area (Å²) in [5, 5.41) is 9.79. The van der Waals surface area contributed by atoms with Gasteiger partial charge in [-0.3, -0.25) is 0 Å². The monoisotopic (exact) mass is 220 g/mol. The van der Waals surface area contributed by atoms with Crippen molar-refractivity contribution in [2.75, 3.05) is 0 Å². The Morgan fingerprint density at radius 2 is 1.93 bits per heavy atom. The molecule has 0 aliphatic rings. The fourth-order valence-corrected chi connectivity index (χ4v) is 1.58. The molecule has 1 aromatic rings. The van der Waals surface area contributed by atoms with Crippen LogP contribution in [0.3, 0.4) is 0 Å². The van der Waals surface area contributed by atoms with Crippen molar-refractivity contribution < 1.29 is 13.9 Å². The Morgan fingerprint density at radius 3 is 2.29 bits per heavy atom.